The van der Waals surface area contributed by atoms with Gasteiger partial charge in [0, 0.05) is 6.42 Å². The highest BCUT2D eigenvalue weighted by Crippen LogP contribution is 2.15. The molecule has 0 heterocycles. The molecule has 0 fully saturated rings. The van der Waals surface area contributed by atoms with Crippen LogP contribution in [0.15, 0.2) is 42.5 Å². The van der Waals surface area contributed by atoms with Crippen LogP contribution < -0.4 is 0 Å². The van der Waals surface area contributed by atoms with E-state index in [1.807, 2.05) is 31.2 Å². The summed E-state index contributed by atoms with van der Waals surface area (Å²) in [5, 5.41) is 10.0. The van der Waals surface area contributed by atoms with Crippen LogP contribution in [-0.2, 0) is 12.8 Å². The molecule has 0 aromatic heterocycles. The predicted molar refractivity (Wildman–Crippen MR) is 71.0 cm³/mol. The summed E-state index contributed by atoms with van der Waals surface area (Å²) in [7, 11) is 0. The van der Waals surface area contributed by atoms with Crippen molar-refractivity contribution in [2.45, 2.75) is 25.9 Å². The normalized spacial score (nSPS) is 12.4. The van der Waals surface area contributed by atoms with E-state index in [2.05, 4.69) is 0 Å². The van der Waals surface area contributed by atoms with Crippen molar-refractivity contribution in [3.05, 3.63) is 70.8 Å². The molecule has 3 heteroatoms. The third kappa shape index (κ3) is 3.61. The van der Waals surface area contributed by atoms with Gasteiger partial charge in [0.05, 0.1) is 6.10 Å². The van der Waals surface area contributed by atoms with Gasteiger partial charge < -0.3 is 5.11 Å². The van der Waals surface area contributed by atoms with Gasteiger partial charge in [0.2, 0.25) is 0 Å². The summed E-state index contributed by atoms with van der Waals surface area (Å²) in [6.45, 7) is 1.96. The van der Waals surface area contributed by atoms with E-state index in [4.69, 9.17) is 0 Å². The summed E-state index contributed by atoms with van der Waals surface area (Å²) in [5.41, 5.74) is 2.31. The molecule has 0 aliphatic carbocycles. The van der Waals surface area contributed by atoms with E-state index in [9.17, 15) is 13.9 Å². The van der Waals surface area contributed by atoms with Crippen LogP contribution in [0.25, 0.3) is 0 Å². The molecule has 1 nitrogen and oxygen atoms in total. The topological polar surface area (TPSA) is 20.2 Å². The number of benzene rings is 2. The molecule has 0 amide bonds. The zero-order valence-corrected chi connectivity index (χ0v) is 10.7. The van der Waals surface area contributed by atoms with Gasteiger partial charge in [-0.15, -0.1) is 0 Å². The standard InChI is InChI=1S/C16H16F2O/c1-11-4-2-3-5-12(11)9-15(19)10-13-8-14(17)6-7-16(13)18/h2-8,15,19H,9-10H2,1H3. The highest BCUT2D eigenvalue weighted by molar-refractivity contribution is 5.27. The molecular formula is C16H16F2O. The minimum absolute atomic E-state index is 0.109. The van der Waals surface area contributed by atoms with Crippen molar-refractivity contribution >= 4 is 0 Å². The van der Waals surface area contributed by atoms with Gasteiger partial charge in [-0.05, 0) is 48.2 Å². The molecule has 0 spiro atoms. The Balaban J connectivity index is 2.07. The Morgan fingerprint density at radius 2 is 1.68 bits per heavy atom. The summed E-state index contributed by atoms with van der Waals surface area (Å²) in [4.78, 5) is 0. The van der Waals surface area contributed by atoms with Gasteiger partial charge in [-0.1, -0.05) is 24.3 Å². The van der Waals surface area contributed by atoms with Crippen LogP contribution in [0.4, 0.5) is 8.78 Å². The Bertz CT molecular complexity index is 566. The van der Waals surface area contributed by atoms with Crippen molar-refractivity contribution in [3.63, 3.8) is 0 Å². The highest BCUT2D eigenvalue weighted by Gasteiger charge is 2.12. The number of hydrogen-bond acceptors (Lipinski definition) is 1. The average Bonchev–Trinajstić information content (AvgIpc) is 2.37. The first kappa shape index (κ1) is 13.7. The molecule has 0 bridgehead atoms. The molecule has 2 rings (SSSR count). The number of aliphatic hydroxyl groups is 1. The lowest BCUT2D eigenvalue weighted by molar-refractivity contribution is 0.174. The lowest BCUT2D eigenvalue weighted by Gasteiger charge is -2.13. The Labute approximate surface area is 111 Å². The van der Waals surface area contributed by atoms with Gasteiger partial charge in [-0.25, -0.2) is 8.78 Å². The third-order valence-electron chi connectivity index (χ3n) is 3.18. The maximum Gasteiger partial charge on any atom is 0.126 e. The SMILES string of the molecule is Cc1ccccc1CC(O)Cc1cc(F)ccc1F. The Kier molecular flexibility index (Phi) is 4.27. The second kappa shape index (κ2) is 5.93. The van der Waals surface area contributed by atoms with Crippen LogP contribution in [0.2, 0.25) is 0 Å². The zero-order chi connectivity index (χ0) is 13.8. The van der Waals surface area contributed by atoms with E-state index < -0.39 is 17.7 Å². The number of halogens is 2. The lowest BCUT2D eigenvalue weighted by atomic mass is 9.98. The first-order valence-electron chi connectivity index (χ1n) is 6.23. The van der Waals surface area contributed by atoms with Crippen LogP contribution >= 0.6 is 0 Å². The molecule has 2 aromatic carbocycles. The van der Waals surface area contributed by atoms with Gasteiger partial charge in [0.1, 0.15) is 11.6 Å². The van der Waals surface area contributed by atoms with Gasteiger partial charge in [0.15, 0.2) is 0 Å². The molecule has 1 unspecified atom stereocenters. The van der Waals surface area contributed by atoms with Crippen molar-refractivity contribution in [1.29, 1.82) is 0 Å². The van der Waals surface area contributed by atoms with E-state index in [0.29, 0.717) is 6.42 Å². The summed E-state index contributed by atoms with van der Waals surface area (Å²) < 4.78 is 26.5. The lowest BCUT2D eigenvalue weighted by Crippen LogP contribution is -2.15. The first-order valence-corrected chi connectivity index (χ1v) is 6.23. The summed E-state index contributed by atoms with van der Waals surface area (Å²) in [5.74, 6) is -0.968. The molecule has 0 radical (unpaired) electrons. The average molecular weight is 262 g/mol. The van der Waals surface area contributed by atoms with E-state index in [1.165, 1.54) is 0 Å². The molecule has 19 heavy (non-hydrogen) atoms. The Morgan fingerprint density at radius 1 is 1.00 bits per heavy atom. The predicted octanol–water partition coefficient (Wildman–Crippen LogP) is 3.42. The molecule has 0 aliphatic heterocycles. The molecule has 1 N–H and O–H groups in total. The number of hydrogen-bond donors (Lipinski definition) is 1. The maximum atomic E-state index is 13.5. The van der Waals surface area contributed by atoms with Crippen LogP contribution in [-0.4, -0.2) is 11.2 Å². The second-order valence-electron chi connectivity index (χ2n) is 4.72. The zero-order valence-electron chi connectivity index (χ0n) is 10.7. The number of aryl methyl sites for hydroxylation is 1. The summed E-state index contributed by atoms with van der Waals surface area (Å²) in [6.07, 6.45) is -0.182. The van der Waals surface area contributed by atoms with Gasteiger partial charge >= 0.3 is 0 Å². The van der Waals surface area contributed by atoms with Crippen LogP contribution in [0.5, 0.6) is 0 Å². The van der Waals surface area contributed by atoms with Crippen molar-refractivity contribution < 1.29 is 13.9 Å². The van der Waals surface area contributed by atoms with Crippen molar-refractivity contribution in [2.75, 3.05) is 0 Å². The van der Waals surface area contributed by atoms with Crippen LogP contribution in [0.1, 0.15) is 16.7 Å². The maximum absolute atomic E-state index is 13.5. The van der Waals surface area contributed by atoms with Gasteiger partial charge in [0.25, 0.3) is 0 Å². The fourth-order valence-corrected chi connectivity index (χ4v) is 2.12. The number of rotatable bonds is 4. The first-order chi connectivity index (χ1) is 9.06. The van der Waals surface area contributed by atoms with E-state index in [0.717, 1.165) is 29.3 Å². The molecule has 1 atom stereocenters. The van der Waals surface area contributed by atoms with Crippen molar-refractivity contribution in [2.24, 2.45) is 0 Å². The molecule has 0 saturated heterocycles. The van der Waals surface area contributed by atoms with Crippen molar-refractivity contribution in [1.82, 2.24) is 0 Å². The monoisotopic (exact) mass is 262 g/mol. The molecular weight excluding hydrogens is 246 g/mol. The molecule has 0 saturated carbocycles. The second-order valence-corrected chi connectivity index (χ2v) is 4.72. The largest absolute Gasteiger partial charge is 0.392 e. The fraction of sp³-hybridized carbons (Fsp3) is 0.250. The molecule has 0 aliphatic rings. The quantitative estimate of drug-likeness (QED) is 0.895. The van der Waals surface area contributed by atoms with Gasteiger partial charge in [-0.2, -0.15) is 0 Å². The smallest absolute Gasteiger partial charge is 0.126 e. The fourth-order valence-electron chi connectivity index (χ4n) is 2.12. The van der Waals surface area contributed by atoms with Gasteiger partial charge in [-0.3, -0.25) is 0 Å². The van der Waals surface area contributed by atoms with Crippen LogP contribution in [0.3, 0.4) is 0 Å². The van der Waals surface area contributed by atoms with Crippen LogP contribution in [0, 0.1) is 18.6 Å². The minimum atomic E-state index is -0.725. The van der Waals surface area contributed by atoms with E-state index >= 15 is 0 Å². The Hall–Kier alpha value is -1.74. The highest BCUT2D eigenvalue weighted by atomic mass is 19.1. The van der Waals surface area contributed by atoms with E-state index in [-0.39, 0.29) is 12.0 Å². The summed E-state index contributed by atoms with van der Waals surface area (Å²) in [6, 6.07) is 11.0. The summed E-state index contributed by atoms with van der Waals surface area (Å²) >= 11 is 0. The number of aliphatic hydroxyl groups excluding tert-OH is 1. The third-order valence-corrected chi connectivity index (χ3v) is 3.18. The van der Waals surface area contributed by atoms with E-state index in [1.54, 1.807) is 0 Å². The van der Waals surface area contributed by atoms with Crippen molar-refractivity contribution in [3.8, 4) is 0 Å². The molecule has 100 valence electrons. The minimum Gasteiger partial charge on any atom is -0.392 e. The molecule has 2 aromatic rings. The Morgan fingerprint density at radius 3 is 2.42 bits per heavy atom.